The Labute approximate surface area is 164 Å². The largest absolute Gasteiger partial charge is 0.506 e. The lowest BCUT2D eigenvalue weighted by Crippen LogP contribution is -2.12. The van der Waals surface area contributed by atoms with Crippen LogP contribution in [-0.4, -0.2) is 21.0 Å². The third kappa shape index (κ3) is 3.35. The number of aromatic amines is 1. The summed E-state index contributed by atoms with van der Waals surface area (Å²) in [6.45, 7) is 0. The first-order valence-corrected chi connectivity index (χ1v) is 8.82. The highest BCUT2D eigenvalue weighted by atomic mass is 35.5. The zero-order valence-corrected chi connectivity index (χ0v) is 15.3. The molecule has 134 valence electrons. The second-order valence-corrected chi connectivity index (χ2v) is 6.73. The molecule has 0 aliphatic rings. The molecule has 1 amide bonds. The number of amides is 1. The van der Waals surface area contributed by atoms with Crippen molar-refractivity contribution >= 4 is 45.8 Å². The second kappa shape index (κ2) is 6.95. The molecule has 0 atom stereocenters. The van der Waals surface area contributed by atoms with Crippen molar-refractivity contribution in [2.75, 3.05) is 5.32 Å². The number of nitrogens with one attached hydrogen (secondary N) is 2. The topological polar surface area (TPSA) is 78.0 Å². The van der Waals surface area contributed by atoms with E-state index >= 15 is 0 Å². The highest BCUT2D eigenvalue weighted by Crippen LogP contribution is 2.33. The highest BCUT2D eigenvalue weighted by molar-refractivity contribution is 6.36. The maximum Gasteiger partial charge on any atom is 0.257 e. The van der Waals surface area contributed by atoms with Gasteiger partial charge in [-0.2, -0.15) is 0 Å². The van der Waals surface area contributed by atoms with Crippen molar-refractivity contribution in [1.29, 1.82) is 0 Å². The maximum atomic E-state index is 12.7. The number of aromatic nitrogens is 2. The monoisotopic (exact) mass is 397 g/mol. The van der Waals surface area contributed by atoms with Gasteiger partial charge in [0, 0.05) is 16.3 Å². The van der Waals surface area contributed by atoms with Gasteiger partial charge in [0.1, 0.15) is 22.6 Å². The van der Waals surface area contributed by atoms with Crippen LogP contribution in [0.3, 0.4) is 0 Å². The number of phenolic OH excluding ortho intramolecular Hbond substituents is 1. The van der Waals surface area contributed by atoms with Gasteiger partial charge in [-0.05, 0) is 42.5 Å². The van der Waals surface area contributed by atoms with Crippen LogP contribution in [0.1, 0.15) is 10.4 Å². The quantitative estimate of drug-likeness (QED) is 0.427. The molecule has 4 rings (SSSR count). The van der Waals surface area contributed by atoms with Crippen LogP contribution in [0.5, 0.6) is 5.75 Å². The van der Waals surface area contributed by atoms with E-state index in [0.717, 1.165) is 0 Å². The number of halogens is 2. The molecule has 3 aromatic carbocycles. The van der Waals surface area contributed by atoms with Gasteiger partial charge in [-0.15, -0.1) is 0 Å². The van der Waals surface area contributed by atoms with E-state index in [1.54, 1.807) is 30.3 Å². The van der Waals surface area contributed by atoms with E-state index in [0.29, 0.717) is 43.7 Å². The Kier molecular flexibility index (Phi) is 4.48. The summed E-state index contributed by atoms with van der Waals surface area (Å²) in [4.78, 5) is 20.2. The van der Waals surface area contributed by atoms with E-state index in [1.165, 1.54) is 12.1 Å². The number of hydrogen-bond donors (Lipinski definition) is 3. The minimum atomic E-state index is -0.327. The smallest absolute Gasteiger partial charge is 0.257 e. The number of imidazole rings is 1. The molecular weight excluding hydrogens is 385 g/mol. The molecule has 5 nitrogen and oxygen atoms in total. The van der Waals surface area contributed by atoms with E-state index < -0.39 is 0 Å². The minimum Gasteiger partial charge on any atom is -0.506 e. The number of anilines is 1. The number of carbonyl (C=O) groups excluding carboxylic acids is 1. The van der Waals surface area contributed by atoms with Gasteiger partial charge in [0.15, 0.2) is 0 Å². The second-order valence-electron chi connectivity index (χ2n) is 5.89. The predicted molar refractivity (Wildman–Crippen MR) is 108 cm³/mol. The van der Waals surface area contributed by atoms with Crippen LogP contribution in [0, 0.1) is 0 Å². The number of H-pyrrole nitrogens is 1. The Morgan fingerprint density at radius 1 is 1.04 bits per heavy atom. The van der Waals surface area contributed by atoms with Gasteiger partial charge in [0.05, 0.1) is 10.6 Å². The van der Waals surface area contributed by atoms with Gasteiger partial charge in [-0.25, -0.2) is 4.98 Å². The predicted octanol–water partition coefficient (Wildman–Crippen LogP) is 5.49. The average Bonchev–Trinajstić information content (AvgIpc) is 3.08. The summed E-state index contributed by atoms with van der Waals surface area (Å²) < 4.78 is 0. The standard InChI is InChI=1S/C20H13Cl2N3O2/c21-11-6-7-13(15(22)10-11)19-24-17-14(8-9-16(26)18(17)25-19)20(27)23-12-4-2-1-3-5-12/h1-10,26H,(H,23,27)(H,24,25). The molecule has 27 heavy (non-hydrogen) atoms. The average molecular weight is 398 g/mol. The number of benzene rings is 3. The first kappa shape index (κ1) is 17.4. The van der Waals surface area contributed by atoms with Gasteiger partial charge >= 0.3 is 0 Å². The highest BCUT2D eigenvalue weighted by Gasteiger charge is 2.18. The fourth-order valence-corrected chi connectivity index (χ4v) is 3.29. The zero-order chi connectivity index (χ0) is 19.0. The van der Waals surface area contributed by atoms with Crippen LogP contribution in [-0.2, 0) is 0 Å². The van der Waals surface area contributed by atoms with Gasteiger partial charge in [0.25, 0.3) is 5.91 Å². The van der Waals surface area contributed by atoms with E-state index in [4.69, 9.17) is 23.2 Å². The molecule has 3 N–H and O–H groups in total. The lowest BCUT2D eigenvalue weighted by molar-refractivity contribution is 0.102. The van der Waals surface area contributed by atoms with Crippen molar-refractivity contribution in [2.24, 2.45) is 0 Å². The van der Waals surface area contributed by atoms with Crippen LogP contribution in [0.15, 0.2) is 60.7 Å². The SMILES string of the molecule is O=C(Nc1ccccc1)c1ccc(O)c2[nH]c(-c3ccc(Cl)cc3Cl)nc12. The third-order valence-electron chi connectivity index (χ3n) is 4.09. The molecule has 1 heterocycles. The fraction of sp³-hybridized carbons (Fsp3) is 0. The number of phenols is 1. The molecule has 0 unspecified atom stereocenters. The van der Waals surface area contributed by atoms with Crippen molar-refractivity contribution in [2.45, 2.75) is 0 Å². The number of aromatic hydroxyl groups is 1. The van der Waals surface area contributed by atoms with Crippen molar-refractivity contribution in [3.05, 3.63) is 76.3 Å². The van der Waals surface area contributed by atoms with Crippen molar-refractivity contribution < 1.29 is 9.90 Å². The summed E-state index contributed by atoms with van der Waals surface area (Å²) >= 11 is 12.2. The number of hydrogen-bond acceptors (Lipinski definition) is 3. The summed E-state index contributed by atoms with van der Waals surface area (Å²) in [5.74, 6) is 0.0958. The molecule has 0 aliphatic heterocycles. The number of fused-ring (bicyclic) bond motifs is 1. The normalized spacial score (nSPS) is 10.9. The Bertz CT molecular complexity index is 1160. The molecule has 0 bridgehead atoms. The first-order valence-electron chi connectivity index (χ1n) is 8.06. The van der Waals surface area contributed by atoms with E-state index in [9.17, 15) is 9.90 Å². The molecule has 7 heteroatoms. The molecule has 0 spiro atoms. The fourth-order valence-electron chi connectivity index (χ4n) is 2.79. The van der Waals surface area contributed by atoms with Crippen LogP contribution >= 0.6 is 23.2 Å². The summed E-state index contributed by atoms with van der Waals surface area (Å²) in [5, 5.41) is 13.9. The van der Waals surface area contributed by atoms with Crippen LogP contribution < -0.4 is 5.32 Å². The number of rotatable bonds is 3. The minimum absolute atomic E-state index is 0.00917. The Hall–Kier alpha value is -3.02. The molecular formula is C20H13Cl2N3O2. The Balaban J connectivity index is 1.80. The maximum absolute atomic E-state index is 12.7. The molecule has 4 aromatic rings. The number of nitrogens with zero attached hydrogens (tertiary/aromatic N) is 1. The van der Waals surface area contributed by atoms with E-state index in [1.807, 2.05) is 18.2 Å². The van der Waals surface area contributed by atoms with E-state index in [-0.39, 0.29) is 11.7 Å². The first-order chi connectivity index (χ1) is 13.0. The molecule has 0 radical (unpaired) electrons. The number of para-hydroxylation sites is 1. The lowest BCUT2D eigenvalue weighted by Gasteiger charge is -2.06. The van der Waals surface area contributed by atoms with Crippen LogP contribution in [0.4, 0.5) is 5.69 Å². The van der Waals surface area contributed by atoms with Gasteiger partial charge in [-0.3, -0.25) is 4.79 Å². The Morgan fingerprint density at radius 3 is 2.56 bits per heavy atom. The molecule has 0 aliphatic carbocycles. The number of carbonyl (C=O) groups is 1. The molecule has 0 saturated heterocycles. The van der Waals surface area contributed by atoms with Crippen molar-refractivity contribution in [3.63, 3.8) is 0 Å². The van der Waals surface area contributed by atoms with Crippen LogP contribution in [0.25, 0.3) is 22.4 Å². The summed E-state index contributed by atoms with van der Waals surface area (Å²) in [6.07, 6.45) is 0. The summed E-state index contributed by atoms with van der Waals surface area (Å²) in [6, 6.07) is 17.1. The third-order valence-corrected chi connectivity index (χ3v) is 4.63. The van der Waals surface area contributed by atoms with E-state index in [2.05, 4.69) is 15.3 Å². The summed E-state index contributed by atoms with van der Waals surface area (Å²) in [5.41, 5.74) is 2.33. The molecule has 0 fully saturated rings. The van der Waals surface area contributed by atoms with Crippen molar-refractivity contribution in [3.8, 4) is 17.1 Å². The van der Waals surface area contributed by atoms with Gasteiger partial charge < -0.3 is 15.4 Å². The lowest BCUT2D eigenvalue weighted by atomic mass is 10.1. The zero-order valence-electron chi connectivity index (χ0n) is 13.8. The van der Waals surface area contributed by atoms with Crippen molar-refractivity contribution in [1.82, 2.24) is 9.97 Å². The Morgan fingerprint density at radius 2 is 1.81 bits per heavy atom. The molecule has 1 aromatic heterocycles. The van der Waals surface area contributed by atoms with Crippen LogP contribution in [0.2, 0.25) is 10.0 Å². The summed E-state index contributed by atoms with van der Waals surface area (Å²) in [7, 11) is 0. The van der Waals surface area contributed by atoms with Gasteiger partial charge in [0.2, 0.25) is 0 Å². The molecule has 0 saturated carbocycles. The van der Waals surface area contributed by atoms with Gasteiger partial charge in [-0.1, -0.05) is 41.4 Å².